The van der Waals surface area contributed by atoms with E-state index >= 15 is 0 Å². The third-order valence-electron chi connectivity index (χ3n) is 4.48. The Labute approximate surface area is 176 Å². The fraction of sp³-hybridized carbons (Fsp3) is 0.647. The highest BCUT2D eigenvalue weighted by Crippen LogP contribution is 2.27. The number of aliphatic imine (C=N–C) groups is 1. The van der Waals surface area contributed by atoms with Gasteiger partial charge in [-0.15, -0.1) is 45.5 Å². The van der Waals surface area contributed by atoms with Crippen molar-refractivity contribution < 1.29 is 0 Å². The average molecular weight is 489 g/mol. The molecule has 1 aliphatic rings. The van der Waals surface area contributed by atoms with Crippen LogP contribution in [0, 0.1) is 0 Å². The van der Waals surface area contributed by atoms with E-state index in [1.165, 1.54) is 34.8 Å². The fourth-order valence-corrected chi connectivity index (χ4v) is 4.37. The summed E-state index contributed by atoms with van der Waals surface area (Å²) in [5.74, 6) is 1.90. The largest absolute Gasteiger partial charge is 0.354 e. The Morgan fingerprint density at radius 2 is 2.19 bits per heavy atom. The topological polar surface area (TPSA) is 71.2 Å². The van der Waals surface area contributed by atoms with Gasteiger partial charge in [-0.2, -0.15) is 0 Å². The second-order valence-corrected chi connectivity index (χ2v) is 7.48. The molecule has 0 unspecified atom stereocenters. The summed E-state index contributed by atoms with van der Waals surface area (Å²) in [6.45, 7) is 4.50. The lowest BCUT2D eigenvalue weighted by atomic mass is 10.0. The lowest BCUT2D eigenvalue weighted by molar-refractivity contribution is 0.470. The number of thiazole rings is 1. The minimum atomic E-state index is 0. The maximum Gasteiger partial charge on any atom is 0.193 e. The molecule has 9 heteroatoms. The summed E-state index contributed by atoms with van der Waals surface area (Å²) in [4.78, 5) is 12.8. The Kier molecular flexibility index (Phi) is 8.26. The van der Waals surface area contributed by atoms with E-state index in [0.29, 0.717) is 0 Å². The van der Waals surface area contributed by atoms with Gasteiger partial charge in [0.2, 0.25) is 0 Å². The molecule has 0 amide bonds. The van der Waals surface area contributed by atoms with Crippen molar-refractivity contribution >= 4 is 41.3 Å². The number of halogens is 1. The van der Waals surface area contributed by atoms with E-state index in [4.69, 9.17) is 4.98 Å². The summed E-state index contributed by atoms with van der Waals surface area (Å²) in [6, 6.07) is 0. The predicted octanol–water partition coefficient (Wildman–Crippen LogP) is 2.50. The average Bonchev–Trinajstić information content (AvgIpc) is 3.24. The van der Waals surface area contributed by atoms with Crippen LogP contribution >= 0.6 is 35.3 Å². The highest BCUT2D eigenvalue weighted by Gasteiger charge is 2.16. The summed E-state index contributed by atoms with van der Waals surface area (Å²) in [5.41, 5.74) is 1.32. The Hall–Kier alpha value is -1.23. The molecule has 2 aromatic rings. The number of hydrogen-bond donors (Lipinski definition) is 1. The Morgan fingerprint density at radius 1 is 1.38 bits per heavy atom. The van der Waals surface area contributed by atoms with Gasteiger partial charge in [0.15, 0.2) is 5.96 Å². The number of fused-ring (bicyclic) bond motifs is 1. The van der Waals surface area contributed by atoms with E-state index in [1.54, 1.807) is 6.33 Å². The minimum Gasteiger partial charge on any atom is -0.354 e. The maximum atomic E-state index is 4.82. The highest BCUT2D eigenvalue weighted by atomic mass is 127. The zero-order valence-electron chi connectivity index (χ0n) is 15.7. The second-order valence-electron chi connectivity index (χ2n) is 6.31. The normalized spacial score (nSPS) is 13.9. The van der Waals surface area contributed by atoms with Crippen LogP contribution in [0.25, 0.3) is 0 Å². The molecular weight excluding hydrogens is 461 g/mol. The number of nitrogens with one attached hydrogen (secondary N) is 1. The quantitative estimate of drug-likeness (QED) is 0.384. The third kappa shape index (κ3) is 5.15. The molecule has 26 heavy (non-hydrogen) atoms. The Bertz CT molecular complexity index is 701. The van der Waals surface area contributed by atoms with Gasteiger partial charge in [-0.05, 0) is 25.7 Å². The molecule has 144 valence electrons. The number of guanidine groups is 1. The zero-order valence-corrected chi connectivity index (χ0v) is 18.9. The van der Waals surface area contributed by atoms with E-state index in [1.807, 2.05) is 18.4 Å². The molecule has 0 spiro atoms. The number of rotatable bonds is 6. The lowest BCUT2D eigenvalue weighted by Gasteiger charge is -2.21. The van der Waals surface area contributed by atoms with Gasteiger partial charge in [-0.3, -0.25) is 4.99 Å². The molecule has 0 saturated heterocycles. The van der Waals surface area contributed by atoms with E-state index in [2.05, 4.69) is 43.9 Å². The molecular formula is C17H28IN7S. The first-order valence-corrected chi connectivity index (χ1v) is 9.78. The first kappa shape index (κ1) is 21.1. The first-order valence-electron chi connectivity index (χ1n) is 8.97. The van der Waals surface area contributed by atoms with Crippen LogP contribution in [-0.4, -0.2) is 51.2 Å². The molecule has 0 saturated carbocycles. The molecule has 2 aromatic heterocycles. The minimum absolute atomic E-state index is 0. The third-order valence-corrected chi connectivity index (χ3v) is 5.63. The van der Waals surface area contributed by atoms with Gasteiger partial charge >= 0.3 is 0 Å². The van der Waals surface area contributed by atoms with E-state index < -0.39 is 0 Å². The van der Waals surface area contributed by atoms with Crippen molar-refractivity contribution in [2.45, 2.75) is 52.1 Å². The number of hydrogen-bond acceptors (Lipinski definition) is 5. The van der Waals surface area contributed by atoms with Crippen LogP contribution in [-0.2, 0) is 32.4 Å². The molecule has 1 N–H and O–H groups in total. The van der Waals surface area contributed by atoms with Crippen LogP contribution in [0.15, 0.2) is 11.3 Å². The monoisotopic (exact) mass is 489 g/mol. The van der Waals surface area contributed by atoms with E-state index in [9.17, 15) is 0 Å². The van der Waals surface area contributed by atoms with Crippen LogP contribution in [0.3, 0.4) is 0 Å². The standard InChI is InChI=1S/C17H27N7S.HI/c1-4-15-22-20-12-24(15)10-9-19-17(18-2)23(3)11-16-21-13-7-5-6-8-14(13)25-16;/h12H,4-11H2,1-3H3,(H,18,19);1H. The van der Waals surface area contributed by atoms with Crippen LogP contribution < -0.4 is 5.32 Å². The van der Waals surface area contributed by atoms with Crippen LogP contribution in [0.5, 0.6) is 0 Å². The van der Waals surface area contributed by atoms with Gasteiger partial charge in [0.05, 0.1) is 12.2 Å². The summed E-state index contributed by atoms with van der Waals surface area (Å²) >= 11 is 1.86. The van der Waals surface area contributed by atoms with Crippen molar-refractivity contribution in [3.63, 3.8) is 0 Å². The van der Waals surface area contributed by atoms with Crippen LogP contribution in [0.4, 0.5) is 0 Å². The molecule has 1 aliphatic carbocycles. The fourth-order valence-electron chi connectivity index (χ4n) is 3.16. The SMILES string of the molecule is CCc1nncn1CCNC(=NC)N(C)Cc1nc2c(s1)CCCC2.I. The number of aromatic nitrogens is 4. The highest BCUT2D eigenvalue weighted by molar-refractivity contribution is 14.0. The summed E-state index contributed by atoms with van der Waals surface area (Å²) in [6.07, 6.45) is 7.59. The molecule has 0 bridgehead atoms. The molecule has 3 rings (SSSR count). The van der Waals surface area contributed by atoms with Crippen LogP contribution in [0.1, 0.15) is 41.2 Å². The smallest absolute Gasteiger partial charge is 0.193 e. The van der Waals surface area contributed by atoms with Crippen molar-refractivity contribution in [2.75, 3.05) is 20.6 Å². The van der Waals surface area contributed by atoms with Gasteiger partial charge in [0, 0.05) is 38.5 Å². The van der Waals surface area contributed by atoms with Crippen molar-refractivity contribution in [3.8, 4) is 0 Å². The van der Waals surface area contributed by atoms with Crippen molar-refractivity contribution in [3.05, 3.63) is 27.7 Å². The van der Waals surface area contributed by atoms with Gasteiger partial charge < -0.3 is 14.8 Å². The summed E-state index contributed by atoms with van der Waals surface area (Å²) in [7, 11) is 3.88. The number of aryl methyl sites for hydroxylation is 3. The van der Waals surface area contributed by atoms with Crippen LogP contribution in [0.2, 0.25) is 0 Å². The predicted molar refractivity (Wildman–Crippen MR) is 116 cm³/mol. The Balaban J connectivity index is 0.00000243. The summed E-state index contributed by atoms with van der Waals surface area (Å²) in [5, 5.41) is 12.7. The molecule has 2 heterocycles. The maximum absolute atomic E-state index is 4.82. The Morgan fingerprint density at radius 3 is 2.92 bits per heavy atom. The van der Waals surface area contributed by atoms with Gasteiger partial charge in [-0.1, -0.05) is 6.92 Å². The first-order chi connectivity index (χ1) is 12.2. The van der Waals surface area contributed by atoms with Crippen molar-refractivity contribution in [2.24, 2.45) is 4.99 Å². The van der Waals surface area contributed by atoms with Gasteiger partial charge in [0.25, 0.3) is 0 Å². The second kappa shape index (κ2) is 10.2. The van der Waals surface area contributed by atoms with Gasteiger partial charge in [-0.25, -0.2) is 4.98 Å². The van der Waals surface area contributed by atoms with Crippen molar-refractivity contribution in [1.29, 1.82) is 0 Å². The number of nitrogens with zero attached hydrogens (tertiary/aromatic N) is 6. The zero-order chi connectivity index (χ0) is 17.6. The molecule has 0 atom stereocenters. The molecule has 0 aromatic carbocycles. The van der Waals surface area contributed by atoms with Gasteiger partial charge in [0.1, 0.15) is 17.2 Å². The molecule has 0 aliphatic heterocycles. The molecule has 0 radical (unpaired) electrons. The van der Waals surface area contributed by atoms with E-state index in [-0.39, 0.29) is 24.0 Å². The molecule has 0 fully saturated rings. The van der Waals surface area contributed by atoms with E-state index in [0.717, 1.165) is 44.3 Å². The molecule has 7 nitrogen and oxygen atoms in total. The lowest BCUT2D eigenvalue weighted by Crippen LogP contribution is -2.39. The summed E-state index contributed by atoms with van der Waals surface area (Å²) < 4.78 is 2.08. The van der Waals surface area contributed by atoms with Crippen molar-refractivity contribution in [1.82, 2.24) is 30.0 Å².